The van der Waals surface area contributed by atoms with Crippen LogP contribution in [0, 0.1) is 17.6 Å². The standard InChI is InChI=1S/C27H37F2N5O2.C2H6.2H2/c1-16(2)25(35)15-30-23(12-18(4)34-11-7-6-8-17(34)3)27(36)32-19(5)26-31-14-24(33-26)21-10-9-20(28)13-22(21)29;1-2;;/h9-10,13-14,16-17,19,23,30H,4,6-8,11-12,15H2,1-3,5H3,(H,31,33)(H,32,36);1-2H3;2*1H/t17-,19-,23-;;;/m0.../s1. The quantitative estimate of drug-likeness (QED) is 0.328. The number of likely N-dealkylation sites (tertiary alicyclic amines) is 1. The number of rotatable bonds is 11. The molecular formula is C29H47F2N5O2. The number of Topliss-reactive ketones (excluding diaryl/α,β-unsaturated/α-hetero) is 1. The van der Waals surface area contributed by atoms with Crippen molar-refractivity contribution in [1.29, 1.82) is 0 Å². The second kappa shape index (κ2) is 14.8. The Kier molecular flexibility index (Phi) is 12.1. The Morgan fingerprint density at radius 2 is 1.95 bits per heavy atom. The van der Waals surface area contributed by atoms with Crippen molar-refractivity contribution in [2.75, 3.05) is 13.1 Å². The number of imidazole rings is 1. The molecule has 1 aromatic carbocycles. The van der Waals surface area contributed by atoms with Crippen molar-refractivity contribution in [3.05, 3.63) is 54.1 Å². The maximum absolute atomic E-state index is 14.2. The van der Waals surface area contributed by atoms with Crippen LogP contribution in [-0.4, -0.2) is 51.7 Å². The number of carbonyl (C=O) groups excluding carboxylic acids is 2. The van der Waals surface area contributed by atoms with Crippen molar-refractivity contribution in [3.8, 4) is 11.3 Å². The molecule has 1 fully saturated rings. The number of benzene rings is 1. The zero-order valence-corrected chi connectivity index (χ0v) is 23.5. The molecule has 3 N–H and O–H groups in total. The number of ketones is 1. The van der Waals surface area contributed by atoms with E-state index in [1.165, 1.54) is 24.8 Å². The lowest BCUT2D eigenvalue weighted by Crippen LogP contribution is -2.48. The minimum atomic E-state index is -0.702. The Hall–Kier alpha value is -3.07. The van der Waals surface area contributed by atoms with Gasteiger partial charge >= 0.3 is 0 Å². The van der Waals surface area contributed by atoms with E-state index in [-0.39, 0.29) is 32.6 Å². The summed E-state index contributed by atoms with van der Waals surface area (Å²) in [5.41, 5.74) is 1.44. The van der Waals surface area contributed by atoms with Crippen LogP contribution in [0.1, 0.15) is 81.9 Å². The fourth-order valence-electron chi connectivity index (χ4n) is 4.39. The van der Waals surface area contributed by atoms with Gasteiger partial charge in [-0.15, -0.1) is 0 Å². The Labute approximate surface area is 228 Å². The number of hydrogen-bond acceptors (Lipinski definition) is 5. The van der Waals surface area contributed by atoms with Crippen LogP contribution in [0.25, 0.3) is 11.3 Å². The van der Waals surface area contributed by atoms with Crippen molar-refractivity contribution in [2.45, 2.75) is 85.4 Å². The first-order valence-corrected chi connectivity index (χ1v) is 13.6. The number of aromatic amines is 1. The number of aromatic nitrogens is 2. The maximum atomic E-state index is 14.2. The highest BCUT2D eigenvalue weighted by atomic mass is 19.1. The van der Waals surface area contributed by atoms with Gasteiger partial charge in [-0.05, 0) is 45.2 Å². The van der Waals surface area contributed by atoms with Gasteiger partial charge in [-0.25, -0.2) is 13.8 Å². The smallest absolute Gasteiger partial charge is 0.238 e. The second-order valence-electron chi connectivity index (χ2n) is 9.90. The van der Waals surface area contributed by atoms with E-state index < -0.39 is 23.7 Å². The lowest BCUT2D eigenvalue weighted by molar-refractivity contribution is -0.124. The Morgan fingerprint density at radius 3 is 2.58 bits per heavy atom. The average Bonchev–Trinajstić information content (AvgIpc) is 3.37. The fourth-order valence-corrected chi connectivity index (χ4v) is 4.39. The van der Waals surface area contributed by atoms with Gasteiger partial charge < -0.3 is 15.2 Å². The molecule has 0 bridgehead atoms. The number of carbonyl (C=O) groups is 2. The number of hydrogen-bond donors (Lipinski definition) is 3. The lowest BCUT2D eigenvalue weighted by Gasteiger charge is -2.37. The van der Waals surface area contributed by atoms with E-state index in [1.807, 2.05) is 27.7 Å². The largest absolute Gasteiger partial charge is 0.373 e. The molecule has 1 aliphatic rings. The van der Waals surface area contributed by atoms with Crippen molar-refractivity contribution in [3.63, 3.8) is 0 Å². The lowest BCUT2D eigenvalue weighted by atomic mass is 10.0. The first-order valence-electron chi connectivity index (χ1n) is 13.6. The third-order valence-corrected chi connectivity index (χ3v) is 6.72. The summed E-state index contributed by atoms with van der Waals surface area (Å²) < 4.78 is 27.4. The van der Waals surface area contributed by atoms with Gasteiger partial charge in [0, 0.05) is 45.1 Å². The molecule has 0 saturated carbocycles. The van der Waals surface area contributed by atoms with E-state index >= 15 is 0 Å². The molecule has 0 radical (unpaired) electrons. The molecule has 0 aliphatic carbocycles. The Morgan fingerprint density at radius 1 is 1.24 bits per heavy atom. The summed E-state index contributed by atoms with van der Waals surface area (Å²) in [6, 6.07) is 2.52. The topological polar surface area (TPSA) is 90.1 Å². The molecule has 0 unspecified atom stereocenters. The van der Waals surface area contributed by atoms with Gasteiger partial charge in [0.25, 0.3) is 0 Å². The summed E-state index contributed by atoms with van der Waals surface area (Å²) in [6.45, 7) is 16.8. The fraction of sp³-hybridized carbons (Fsp3) is 0.552. The van der Waals surface area contributed by atoms with Crippen LogP contribution in [0.3, 0.4) is 0 Å². The van der Waals surface area contributed by atoms with E-state index in [1.54, 1.807) is 6.92 Å². The number of piperidine rings is 1. The summed E-state index contributed by atoms with van der Waals surface area (Å²) in [5, 5.41) is 6.06. The third kappa shape index (κ3) is 8.48. The zero-order valence-electron chi connectivity index (χ0n) is 23.5. The van der Waals surface area contributed by atoms with Gasteiger partial charge in [0.2, 0.25) is 5.91 Å². The van der Waals surface area contributed by atoms with Crippen LogP contribution in [-0.2, 0) is 9.59 Å². The van der Waals surface area contributed by atoms with Crippen LogP contribution in [0.15, 0.2) is 36.7 Å². The van der Waals surface area contributed by atoms with Crippen molar-refractivity contribution in [2.24, 2.45) is 5.92 Å². The molecule has 3 rings (SSSR count). The summed E-state index contributed by atoms with van der Waals surface area (Å²) in [6.07, 6.45) is 5.18. The van der Waals surface area contributed by atoms with Gasteiger partial charge in [-0.3, -0.25) is 14.9 Å². The monoisotopic (exact) mass is 535 g/mol. The number of halogens is 2. The van der Waals surface area contributed by atoms with Crippen molar-refractivity contribution in [1.82, 2.24) is 25.5 Å². The Bertz CT molecular complexity index is 1100. The molecule has 38 heavy (non-hydrogen) atoms. The highest BCUT2D eigenvalue weighted by molar-refractivity contribution is 5.85. The summed E-state index contributed by atoms with van der Waals surface area (Å²) in [5.74, 6) is -1.33. The predicted octanol–water partition coefficient (Wildman–Crippen LogP) is 6.01. The molecule has 1 aromatic heterocycles. The normalized spacial score (nSPS) is 16.9. The Balaban J connectivity index is 0.00000372. The molecule has 9 heteroatoms. The summed E-state index contributed by atoms with van der Waals surface area (Å²) in [7, 11) is 0. The number of nitrogens with one attached hydrogen (secondary N) is 3. The maximum Gasteiger partial charge on any atom is 0.238 e. The molecule has 2 aromatic rings. The number of nitrogens with zero attached hydrogens (tertiary/aromatic N) is 2. The van der Waals surface area contributed by atoms with Crippen LogP contribution >= 0.6 is 0 Å². The first kappa shape index (κ1) is 31.1. The summed E-state index contributed by atoms with van der Waals surface area (Å²) >= 11 is 0. The van der Waals surface area contributed by atoms with Gasteiger partial charge in [-0.1, -0.05) is 34.3 Å². The third-order valence-electron chi connectivity index (χ3n) is 6.72. The van der Waals surface area contributed by atoms with E-state index in [4.69, 9.17) is 0 Å². The van der Waals surface area contributed by atoms with E-state index in [0.29, 0.717) is 24.0 Å². The van der Waals surface area contributed by atoms with Gasteiger partial charge in [0.05, 0.1) is 30.5 Å². The number of amides is 1. The molecule has 0 spiro atoms. The van der Waals surface area contributed by atoms with Crippen LogP contribution in [0.2, 0.25) is 0 Å². The second-order valence-corrected chi connectivity index (χ2v) is 9.90. The molecular weight excluding hydrogens is 488 g/mol. The molecule has 214 valence electrons. The predicted molar refractivity (Wildman–Crippen MR) is 151 cm³/mol. The van der Waals surface area contributed by atoms with Crippen LogP contribution in [0.4, 0.5) is 8.78 Å². The van der Waals surface area contributed by atoms with Crippen LogP contribution in [0.5, 0.6) is 0 Å². The van der Waals surface area contributed by atoms with Gasteiger partial charge in [0.15, 0.2) is 0 Å². The minimum absolute atomic E-state index is 0. The SMILES string of the molecule is C=C(C[C@H](NCC(=O)C(C)C)C(=O)N[C@@H](C)c1ncc(-c2ccc(F)cc2F)[nH]1)N1CCCC[C@@H]1C.CC.[HH].[HH]. The molecule has 3 atom stereocenters. The number of H-pyrrole nitrogens is 1. The molecule has 7 nitrogen and oxygen atoms in total. The molecule has 2 heterocycles. The summed E-state index contributed by atoms with van der Waals surface area (Å²) in [4.78, 5) is 35.1. The van der Waals surface area contributed by atoms with Crippen molar-refractivity contribution >= 4 is 11.7 Å². The van der Waals surface area contributed by atoms with Crippen LogP contribution < -0.4 is 10.6 Å². The highest BCUT2D eigenvalue weighted by Gasteiger charge is 2.27. The van der Waals surface area contributed by atoms with Crippen molar-refractivity contribution < 1.29 is 21.2 Å². The average molecular weight is 536 g/mol. The highest BCUT2D eigenvalue weighted by Crippen LogP contribution is 2.25. The zero-order chi connectivity index (χ0) is 28.4. The van der Waals surface area contributed by atoms with Gasteiger partial charge in [-0.2, -0.15) is 0 Å². The molecule has 1 aliphatic heterocycles. The molecule has 1 amide bonds. The first-order chi connectivity index (χ1) is 18.1. The molecule has 1 saturated heterocycles. The van der Waals surface area contributed by atoms with E-state index in [2.05, 4.69) is 39.0 Å². The van der Waals surface area contributed by atoms with Gasteiger partial charge in [0.1, 0.15) is 23.2 Å². The van der Waals surface area contributed by atoms with E-state index in [0.717, 1.165) is 31.1 Å². The minimum Gasteiger partial charge on any atom is -0.373 e. The van der Waals surface area contributed by atoms with E-state index in [9.17, 15) is 18.4 Å².